The quantitative estimate of drug-likeness (QED) is 0.440. The summed E-state index contributed by atoms with van der Waals surface area (Å²) in [6, 6.07) is 0.0704. The van der Waals surface area contributed by atoms with Gasteiger partial charge >= 0.3 is 18.0 Å². The average Bonchev–Trinajstić information content (AvgIpc) is 2.96. The van der Waals surface area contributed by atoms with Crippen molar-refractivity contribution in [3.8, 4) is 0 Å². The van der Waals surface area contributed by atoms with Gasteiger partial charge in [0.25, 0.3) is 10.0 Å². The molecule has 0 radical (unpaired) electrons. The molecule has 156 valence electrons. The monoisotopic (exact) mass is 434 g/mol. The van der Waals surface area contributed by atoms with Crippen LogP contribution in [0.25, 0.3) is 11.0 Å². The second-order valence-corrected chi connectivity index (χ2v) is 7.30. The van der Waals surface area contributed by atoms with Crippen LogP contribution in [0.4, 0.5) is 32.0 Å². The highest BCUT2D eigenvalue weighted by atomic mass is 32.2. The van der Waals surface area contributed by atoms with Gasteiger partial charge in [0.2, 0.25) is 5.82 Å². The lowest BCUT2D eigenvalue weighted by Gasteiger charge is -2.21. The Labute approximate surface area is 153 Å². The molecule has 1 aromatic heterocycles. The van der Waals surface area contributed by atoms with E-state index in [1.54, 1.807) is 0 Å². The predicted octanol–water partition coefficient (Wildman–Crippen LogP) is 3.54. The van der Waals surface area contributed by atoms with Gasteiger partial charge in [0.15, 0.2) is 10.4 Å². The molecule has 0 unspecified atom stereocenters. The van der Waals surface area contributed by atoms with Crippen LogP contribution in [0.15, 0.2) is 11.0 Å². The summed E-state index contributed by atoms with van der Waals surface area (Å²) in [6.07, 6.45) is -10.6. The first-order chi connectivity index (χ1) is 12.7. The Kier molecular flexibility index (Phi) is 5.37. The third-order valence-electron chi connectivity index (χ3n) is 3.76. The molecule has 8 nitrogen and oxygen atoms in total. The van der Waals surface area contributed by atoms with E-state index in [1.807, 2.05) is 0 Å². The first-order valence-corrected chi connectivity index (χ1v) is 8.95. The Bertz CT molecular complexity index is 1020. The maximum Gasteiger partial charge on any atom is 0.449 e. The Morgan fingerprint density at radius 1 is 1.14 bits per heavy atom. The lowest BCUT2D eigenvalue weighted by atomic mass is 10.1. The number of fused-ring (bicyclic) bond motifs is 1. The van der Waals surface area contributed by atoms with Gasteiger partial charge in [0, 0.05) is 13.1 Å². The molecule has 15 heteroatoms. The van der Waals surface area contributed by atoms with E-state index in [9.17, 15) is 44.9 Å². The van der Waals surface area contributed by atoms with Crippen LogP contribution >= 0.6 is 0 Å². The minimum absolute atomic E-state index is 0.0704. The van der Waals surface area contributed by atoms with Gasteiger partial charge in [-0.15, -0.1) is 0 Å². The second-order valence-electron chi connectivity index (χ2n) is 5.43. The number of rotatable bonds is 5. The fraction of sp³-hybridized carbons (Fsp3) is 0.462. The van der Waals surface area contributed by atoms with Crippen LogP contribution < -0.4 is 0 Å². The summed E-state index contributed by atoms with van der Waals surface area (Å²) in [5, 5.41) is 11.4. The highest BCUT2D eigenvalue weighted by molar-refractivity contribution is 7.89. The summed E-state index contributed by atoms with van der Waals surface area (Å²) in [4.78, 5) is 12.7. The van der Waals surface area contributed by atoms with E-state index in [0.29, 0.717) is 4.31 Å². The van der Waals surface area contributed by atoms with E-state index < -0.39 is 60.3 Å². The lowest BCUT2D eigenvalue weighted by Crippen LogP contribution is -2.32. The fourth-order valence-corrected chi connectivity index (χ4v) is 4.39. The molecule has 0 aliphatic heterocycles. The third-order valence-corrected chi connectivity index (χ3v) is 5.89. The number of nitro benzene ring substituents is 1. The number of nitrogens with zero attached hydrogens (tertiary/aromatic N) is 3. The topological polar surface area (TPSA) is 109 Å². The maximum absolute atomic E-state index is 13.5. The number of H-pyrrole nitrogens is 1. The molecule has 2 rings (SSSR count). The van der Waals surface area contributed by atoms with E-state index in [4.69, 9.17) is 0 Å². The maximum atomic E-state index is 13.5. The van der Waals surface area contributed by atoms with Gasteiger partial charge in [0.05, 0.1) is 16.0 Å². The van der Waals surface area contributed by atoms with E-state index in [-0.39, 0.29) is 19.2 Å². The number of imidazole rings is 1. The zero-order valence-corrected chi connectivity index (χ0v) is 15.0. The molecule has 0 saturated carbocycles. The molecule has 1 heterocycles. The summed E-state index contributed by atoms with van der Waals surface area (Å²) in [5.74, 6) is -1.80. The number of halogens is 6. The summed E-state index contributed by atoms with van der Waals surface area (Å²) >= 11 is 0. The van der Waals surface area contributed by atoms with E-state index in [1.165, 1.54) is 18.8 Å². The average molecular weight is 434 g/mol. The van der Waals surface area contributed by atoms with Gasteiger partial charge in [0.1, 0.15) is 0 Å². The van der Waals surface area contributed by atoms with E-state index in [2.05, 4.69) is 4.98 Å². The van der Waals surface area contributed by atoms with Crippen molar-refractivity contribution in [1.82, 2.24) is 14.3 Å². The number of sulfonamides is 1. The molecule has 0 saturated heterocycles. The number of hydrogen-bond donors (Lipinski definition) is 1. The molecular formula is C13H12F6N4O4S. The largest absolute Gasteiger partial charge is 0.449 e. The van der Waals surface area contributed by atoms with Crippen molar-refractivity contribution in [3.63, 3.8) is 0 Å². The first-order valence-electron chi connectivity index (χ1n) is 7.51. The van der Waals surface area contributed by atoms with Gasteiger partial charge in [-0.2, -0.15) is 30.6 Å². The number of hydrogen-bond acceptors (Lipinski definition) is 5. The Morgan fingerprint density at radius 2 is 1.68 bits per heavy atom. The van der Waals surface area contributed by atoms with Crippen LogP contribution in [-0.2, 0) is 22.4 Å². The van der Waals surface area contributed by atoms with Crippen molar-refractivity contribution >= 4 is 26.7 Å². The predicted molar refractivity (Wildman–Crippen MR) is 82.9 cm³/mol. The number of alkyl halides is 6. The van der Waals surface area contributed by atoms with Crippen molar-refractivity contribution < 1.29 is 39.7 Å². The standard InChI is InChI=1S/C13H12F6N4O4S/c1-3-22(4-2)28(26,27)10-6(12(14,15)16)5-7-8(9(10)23(24)25)21-11(20-7)13(17,18)19/h5H,3-4H2,1-2H3,(H,20,21). The molecule has 0 aliphatic carbocycles. The van der Waals surface area contributed by atoms with Gasteiger partial charge in [-0.3, -0.25) is 10.1 Å². The Hall–Kier alpha value is -2.42. The first kappa shape index (κ1) is 21.9. The summed E-state index contributed by atoms with van der Waals surface area (Å²) in [7, 11) is -5.07. The van der Waals surface area contributed by atoms with Crippen molar-refractivity contribution in [2.45, 2.75) is 31.1 Å². The number of benzene rings is 1. The number of aromatic amines is 1. The van der Waals surface area contributed by atoms with Crippen LogP contribution in [0.2, 0.25) is 0 Å². The van der Waals surface area contributed by atoms with Crippen molar-refractivity contribution in [3.05, 3.63) is 27.6 Å². The molecule has 0 fully saturated rings. The van der Waals surface area contributed by atoms with Gasteiger partial charge in [-0.05, 0) is 6.07 Å². The molecule has 28 heavy (non-hydrogen) atoms. The van der Waals surface area contributed by atoms with Crippen LogP contribution in [0, 0.1) is 10.1 Å². The number of nitrogens with one attached hydrogen (secondary N) is 1. The molecule has 1 N–H and O–H groups in total. The van der Waals surface area contributed by atoms with Crippen molar-refractivity contribution in [2.24, 2.45) is 0 Å². The van der Waals surface area contributed by atoms with Crippen LogP contribution in [0.3, 0.4) is 0 Å². The SMILES string of the molecule is CCN(CC)S(=O)(=O)c1c(C(F)(F)F)cc2[nH]c(C(F)(F)F)nc2c1[N+](=O)[O-]. The van der Waals surface area contributed by atoms with Crippen LogP contribution in [0.1, 0.15) is 25.2 Å². The van der Waals surface area contributed by atoms with Crippen molar-refractivity contribution in [2.75, 3.05) is 13.1 Å². The number of nitro groups is 1. The van der Waals surface area contributed by atoms with Gasteiger partial charge in [-0.25, -0.2) is 13.4 Å². The zero-order valence-electron chi connectivity index (χ0n) is 14.1. The molecule has 0 aliphatic rings. The van der Waals surface area contributed by atoms with Gasteiger partial charge in [-0.1, -0.05) is 13.8 Å². The summed E-state index contributed by atoms with van der Waals surface area (Å²) < 4.78 is 105. The van der Waals surface area contributed by atoms with Crippen molar-refractivity contribution in [1.29, 1.82) is 0 Å². The van der Waals surface area contributed by atoms with Crippen LogP contribution in [0.5, 0.6) is 0 Å². The smallest absolute Gasteiger partial charge is 0.334 e. The molecule has 0 spiro atoms. The number of aromatic nitrogens is 2. The minimum atomic E-state index is -5.40. The van der Waals surface area contributed by atoms with E-state index in [0.717, 1.165) is 0 Å². The highest BCUT2D eigenvalue weighted by Crippen LogP contribution is 2.44. The second kappa shape index (κ2) is 6.88. The highest BCUT2D eigenvalue weighted by Gasteiger charge is 2.46. The molecular weight excluding hydrogens is 422 g/mol. The fourth-order valence-electron chi connectivity index (χ4n) is 2.58. The van der Waals surface area contributed by atoms with E-state index >= 15 is 0 Å². The molecule has 0 bridgehead atoms. The van der Waals surface area contributed by atoms with Gasteiger partial charge < -0.3 is 4.98 Å². The summed E-state index contributed by atoms with van der Waals surface area (Å²) in [5.41, 5.74) is -5.75. The normalized spacial score (nSPS) is 13.5. The third kappa shape index (κ3) is 3.63. The Balaban J connectivity index is 3.10. The zero-order chi connectivity index (χ0) is 21.7. The Morgan fingerprint density at radius 3 is 2.07 bits per heavy atom. The lowest BCUT2D eigenvalue weighted by molar-refractivity contribution is -0.386. The molecule has 2 aromatic rings. The minimum Gasteiger partial charge on any atom is -0.334 e. The molecule has 1 aromatic carbocycles. The molecule has 0 atom stereocenters. The van der Waals surface area contributed by atoms with Crippen LogP contribution in [-0.4, -0.2) is 40.7 Å². The summed E-state index contributed by atoms with van der Waals surface area (Å²) in [6.45, 7) is 1.93. The molecule has 0 amide bonds.